The summed E-state index contributed by atoms with van der Waals surface area (Å²) < 4.78 is 0. The molecule has 1 fully saturated rings. The Kier molecular flexibility index (Phi) is 6.36. The molecule has 1 aromatic heterocycles. The lowest BCUT2D eigenvalue weighted by Gasteiger charge is -2.16. The topological polar surface area (TPSA) is 75.4 Å². The minimum Gasteiger partial charge on any atom is -0.342 e. The van der Waals surface area contributed by atoms with Gasteiger partial charge in [-0.2, -0.15) is 0 Å². The minimum atomic E-state index is -0.212. The average Bonchev–Trinajstić information content (AvgIpc) is 3.23. The number of carbonyl (C=O) groups is 2. The van der Waals surface area contributed by atoms with Crippen LogP contribution < -0.4 is 11.1 Å². The molecule has 0 bridgehead atoms. The first kappa shape index (κ1) is 18.4. The van der Waals surface area contributed by atoms with Gasteiger partial charge in [-0.15, -0.1) is 23.7 Å². The van der Waals surface area contributed by atoms with Crippen molar-refractivity contribution in [3.05, 3.63) is 58.3 Å². The highest BCUT2D eigenvalue weighted by Crippen LogP contribution is 2.26. The lowest BCUT2D eigenvalue weighted by molar-refractivity contribution is -0.129. The Morgan fingerprint density at radius 3 is 2.58 bits per heavy atom. The van der Waals surface area contributed by atoms with Crippen LogP contribution in [0, 0.1) is 0 Å². The molecule has 7 heteroatoms. The number of carbonyl (C=O) groups excluding carboxylic acids is 2. The quantitative estimate of drug-likeness (QED) is 0.868. The number of thiophene rings is 1. The van der Waals surface area contributed by atoms with Crippen LogP contribution in [-0.4, -0.2) is 42.4 Å². The summed E-state index contributed by atoms with van der Waals surface area (Å²) in [4.78, 5) is 26.5. The largest absolute Gasteiger partial charge is 0.342 e. The number of nitrogens with one attached hydrogen (secondary N) is 1. The molecule has 0 spiro atoms. The highest BCUT2D eigenvalue weighted by molar-refractivity contribution is 7.12. The number of amides is 2. The van der Waals surface area contributed by atoms with E-state index < -0.39 is 0 Å². The summed E-state index contributed by atoms with van der Waals surface area (Å²) in [7, 11) is 0. The monoisotopic (exact) mass is 365 g/mol. The predicted molar refractivity (Wildman–Crippen MR) is 97.6 cm³/mol. The van der Waals surface area contributed by atoms with Gasteiger partial charge >= 0.3 is 0 Å². The van der Waals surface area contributed by atoms with Gasteiger partial charge < -0.3 is 16.0 Å². The Hall–Kier alpha value is -1.89. The van der Waals surface area contributed by atoms with Gasteiger partial charge in [-0.05, 0) is 17.0 Å². The fraction of sp³-hybridized carbons (Fsp3) is 0.294. The van der Waals surface area contributed by atoms with Crippen LogP contribution in [0.4, 0.5) is 0 Å². The fourth-order valence-electron chi connectivity index (χ4n) is 2.85. The van der Waals surface area contributed by atoms with Crippen molar-refractivity contribution in [1.29, 1.82) is 0 Å². The van der Waals surface area contributed by atoms with Crippen LogP contribution in [0.15, 0.2) is 47.8 Å². The maximum Gasteiger partial charge on any atom is 0.261 e. The molecule has 3 N–H and O–H groups in total. The van der Waals surface area contributed by atoms with Crippen molar-refractivity contribution in [2.24, 2.45) is 5.73 Å². The lowest BCUT2D eigenvalue weighted by atomic mass is 9.95. The van der Waals surface area contributed by atoms with Crippen LogP contribution in [0.3, 0.4) is 0 Å². The number of halogens is 1. The highest BCUT2D eigenvalue weighted by Gasteiger charge is 2.33. The van der Waals surface area contributed by atoms with Crippen molar-refractivity contribution in [3.8, 4) is 0 Å². The van der Waals surface area contributed by atoms with Gasteiger partial charge in [0.25, 0.3) is 5.91 Å². The van der Waals surface area contributed by atoms with Crippen LogP contribution in [0.25, 0.3) is 0 Å². The van der Waals surface area contributed by atoms with E-state index in [0.717, 1.165) is 5.56 Å². The van der Waals surface area contributed by atoms with E-state index >= 15 is 0 Å². The normalized spacial score (nSPS) is 19.6. The molecule has 2 atom stereocenters. The van der Waals surface area contributed by atoms with Crippen molar-refractivity contribution in [3.63, 3.8) is 0 Å². The SMILES string of the molecule is Cl.N[C@@H]1CN(C(=O)CNC(=O)c2cccs2)C[C@H]1c1ccccc1. The van der Waals surface area contributed by atoms with E-state index in [2.05, 4.69) is 5.32 Å². The fourth-order valence-corrected chi connectivity index (χ4v) is 3.49. The van der Waals surface area contributed by atoms with Crippen molar-refractivity contribution < 1.29 is 9.59 Å². The maximum absolute atomic E-state index is 12.3. The van der Waals surface area contributed by atoms with Gasteiger partial charge in [0.2, 0.25) is 5.91 Å². The summed E-state index contributed by atoms with van der Waals surface area (Å²) in [6, 6.07) is 13.5. The van der Waals surface area contributed by atoms with Gasteiger partial charge in [0, 0.05) is 25.0 Å². The summed E-state index contributed by atoms with van der Waals surface area (Å²) in [6.45, 7) is 1.12. The van der Waals surface area contributed by atoms with E-state index in [1.54, 1.807) is 11.0 Å². The molecular weight excluding hydrogens is 346 g/mol. The predicted octanol–water partition coefficient (Wildman–Crippen LogP) is 1.85. The van der Waals surface area contributed by atoms with Gasteiger partial charge in [-0.1, -0.05) is 36.4 Å². The molecule has 24 heavy (non-hydrogen) atoms. The molecule has 0 unspecified atom stereocenters. The molecule has 5 nitrogen and oxygen atoms in total. The van der Waals surface area contributed by atoms with E-state index in [9.17, 15) is 9.59 Å². The second-order valence-corrected chi connectivity index (χ2v) is 6.59. The van der Waals surface area contributed by atoms with Gasteiger partial charge in [0.05, 0.1) is 11.4 Å². The molecule has 1 saturated heterocycles. The average molecular weight is 366 g/mol. The molecule has 1 aliphatic rings. The Bertz CT molecular complexity index is 678. The number of likely N-dealkylation sites (tertiary alicyclic amines) is 1. The second-order valence-electron chi connectivity index (χ2n) is 5.64. The molecule has 0 saturated carbocycles. The van der Waals surface area contributed by atoms with Crippen molar-refractivity contribution >= 4 is 35.6 Å². The zero-order valence-electron chi connectivity index (χ0n) is 13.1. The molecule has 2 aromatic rings. The van der Waals surface area contributed by atoms with Crippen molar-refractivity contribution in [2.75, 3.05) is 19.6 Å². The first-order valence-corrected chi connectivity index (χ1v) is 8.43. The molecule has 1 aromatic carbocycles. The van der Waals surface area contributed by atoms with Gasteiger partial charge in [-0.3, -0.25) is 9.59 Å². The number of nitrogens with two attached hydrogens (primary N) is 1. The van der Waals surface area contributed by atoms with Crippen molar-refractivity contribution in [1.82, 2.24) is 10.2 Å². The van der Waals surface area contributed by atoms with Crippen molar-refractivity contribution in [2.45, 2.75) is 12.0 Å². The molecule has 1 aliphatic heterocycles. The Morgan fingerprint density at radius 2 is 1.92 bits per heavy atom. The van der Waals surface area contributed by atoms with Crippen LogP contribution in [0.1, 0.15) is 21.2 Å². The molecule has 2 heterocycles. The van der Waals surface area contributed by atoms with Crippen LogP contribution in [0.2, 0.25) is 0 Å². The standard InChI is InChI=1S/C17H19N3O2S.ClH/c18-14-11-20(10-13(14)12-5-2-1-3-6-12)16(21)9-19-17(22)15-7-4-8-23-15;/h1-8,13-14H,9-11,18H2,(H,19,22);1H/t13-,14+;/m0./s1. The van der Waals surface area contributed by atoms with E-state index in [1.807, 2.05) is 41.8 Å². The first-order valence-electron chi connectivity index (χ1n) is 7.55. The molecular formula is C17H20ClN3O2S. The van der Waals surface area contributed by atoms with Crippen LogP contribution >= 0.6 is 23.7 Å². The lowest BCUT2D eigenvalue weighted by Crippen LogP contribution is -2.39. The summed E-state index contributed by atoms with van der Waals surface area (Å²) in [5, 5.41) is 4.50. The zero-order chi connectivity index (χ0) is 16.2. The zero-order valence-corrected chi connectivity index (χ0v) is 14.7. The third-order valence-corrected chi connectivity index (χ3v) is 4.96. The van der Waals surface area contributed by atoms with E-state index in [0.29, 0.717) is 18.0 Å². The number of nitrogens with zero attached hydrogens (tertiary/aromatic N) is 1. The van der Waals surface area contributed by atoms with Gasteiger partial charge in [0.15, 0.2) is 0 Å². The summed E-state index contributed by atoms with van der Waals surface area (Å²) >= 11 is 1.36. The number of rotatable bonds is 4. The molecule has 2 amide bonds. The summed E-state index contributed by atoms with van der Waals surface area (Å²) in [5.74, 6) is -0.159. The summed E-state index contributed by atoms with van der Waals surface area (Å²) in [6.07, 6.45) is 0. The second kappa shape index (κ2) is 8.28. The Morgan fingerprint density at radius 1 is 1.17 bits per heavy atom. The highest BCUT2D eigenvalue weighted by atomic mass is 35.5. The van der Waals surface area contributed by atoms with E-state index in [1.165, 1.54) is 11.3 Å². The van der Waals surface area contributed by atoms with E-state index in [-0.39, 0.29) is 42.7 Å². The number of benzene rings is 1. The van der Waals surface area contributed by atoms with E-state index in [4.69, 9.17) is 5.73 Å². The summed E-state index contributed by atoms with van der Waals surface area (Å²) in [5.41, 5.74) is 7.34. The maximum atomic E-state index is 12.3. The Labute approximate surface area is 151 Å². The minimum absolute atomic E-state index is 0. The third-order valence-electron chi connectivity index (χ3n) is 4.09. The van der Waals surface area contributed by atoms with Crippen LogP contribution in [0.5, 0.6) is 0 Å². The smallest absolute Gasteiger partial charge is 0.261 e. The van der Waals surface area contributed by atoms with Gasteiger partial charge in [-0.25, -0.2) is 0 Å². The molecule has 0 radical (unpaired) electrons. The molecule has 0 aliphatic carbocycles. The Balaban J connectivity index is 0.00000208. The number of hydrogen-bond donors (Lipinski definition) is 2. The molecule has 128 valence electrons. The first-order chi connectivity index (χ1) is 11.1. The van der Waals surface area contributed by atoms with Crippen LogP contribution in [-0.2, 0) is 4.79 Å². The molecule has 3 rings (SSSR count). The number of hydrogen-bond acceptors (Lipinski definition) is 4. The van der Waals surface area contributed by atoms with Gasteiger partial charge in [0.1, 0.15) is 0 Å². The third kappa shape index (κ3) is 4.14.